The number of phosphoric ester groups is 6. The first kappa shape index (κ1) is 99.6. The molecule has 9 heterocycles. The summed E-state index contributed by atoms with van der Waals surface area (Å²) in [6.07, 6.45) is -23.6. The monoisotopic (exact) mass is 1720 g/mol. The first-order valence-corrected chi connectivity index (χ1v) is 41.0. The van der Waals surface area contributed by atoms with Crippen molar-refractivity contribution in [3.05, 3.63) is 215 Å². The van der Waals surface area contributed by atoms with E-state index in [0.717, 1.165) is 0 Å². The van der Waals surface area contributed by atoms with Crippen molar-refractivity contribution >= 4 is 46.9 Å². The van der Waals surface area contributed by atoms with Crippen LogP contribution in [0, 0.1) is 0 Å². The topological polar surface area (TPSA) is 490 Å². The van der Waals surface area contributed by atoms with Gasteiger partial charge in [-0.15, -0.1) is 0 Å². The normalized spacial score (nSPS) is 31.3. The van der Waals surface area contributed by atoms with Crippen LogP contribution >= 0.6 is 46.9 Å². The number of rotatable bonds is 30. The molecule has 9 saturated heterocycles. The van der Waals surface area contributed by atoms with Crippen LogP contribution in [0.1, 0.15) is 33.4 Å². The summed E-state index contributed by atoms with van der Waals surface area (Å²) in [5.41, 5.74) is 4.10. The largest absolute Gasteiger partial charge is 1.00 e. The third-order valence-electron chi connectivity index (χ3n) is 17.2. The number of phosphoric acid groups is 6. The maximum atomic E-state index is 15.1. The molecular formula is C63H68Na6O36P6+2. The standard InChI is InChI=1S/C49H49O15P3.C7H13O15P3.C7H10O6.6Na/c50-65(53-31-37-19-7-1-8-20-37,54-32-38-21-9-2-10-22-38)62-46-43-47(63-66(51,55-33-39-23-11-3-12-24-39)56-34-40-25-13-4-14-26-40)45-48(44(46)60-49(59-43)61-45)64-67(52,57-35-41-27-15-5-16-28-41)58-36-42-29-17-6-18-30-42;8-23(9,10)20-4-1-5(21-24(11,12)13)3-6(22-25(14,15)16)2(4)18-7(17-1)19-3;8-1-4-2(9)6-3(10)5(1)12-7(11-4)13-6;;;;;;/h1-30,43-49H,31-36H2;1-7H,(H2,8,9,10)(H2,11,12,13)(H2,14,15,16);1-10H;;;;;;/q;;;6*+1/p-4. The molecule has 0 amide bonds. The van der Waals surface area contributed by atoms with Gasteiger partial charge in [0.1, 0.15) is 110 Å². The predicted molar refractivity (Wildman–Crippen MR) is 340 cm³/mol. The minimum Gasteiger partial charge on any atom is -0.790 e. The maximum Gasteiger partial charge on any atom is 1.00 e. The summed E-state index contributed by atoms with van der Waals surface area (Å²) < 4.78 is 195. The van der Waals surface area contributed by atoms with Crippen LogP contribution in [0.25, 0.3) is 0 Å². The Kier molecular flexibility index (Phi) is 39.7. The van der Waals surface area contributed by atoms with Gasteiger partial charge >= 0.3 is 201 Å². The summed E-state index contributed by atoms with van der Waals surface area (Å²) >= 11 is 0. The first-order chi connectivity index (χ1) is 50.1. The van der Waals surface area contributed by atoms with Crippen LogP contribution in [0.5, 0.6) is 0 Å². The molecule has 0 radical (unpaired) electrons. The molecule has 111 heavy (non-hydrogen) atoms. The summed E-state index contributed by atoms with van der Waals surface area (Å²) in [4.78, 5) is 61.5. The summed E-state index contributed by atoms with van der Waals surface area (Å²) in [5, 5.41) is 28.6. The molecule has 6 unspecified atom stereocenters. The molecule has 570 valence electrons. The molecule has 12 aliphatic rings. The average Bonchev–Trinajstić information content (AvgIpc) is 0.724. The Balaban J connectivity index is 0.000000318. The van der Waals surface area contributed by atoms with Crippen LogP contribution in [-0.4, -0.2) is 154 Å². The van der Waals surface area contributed by atoms with Crippen molar-refractivity contribution in [1.82, 2.24) is 0 Å². The molecular weight excluding hydrogens is 1660 g/mol. The van der Waals surface area contributed by atoms with E-state index in [1.807, 2.05) is 109 Å². The number of aliphatic hydroxyl groups is 3. The van der Waals surface area contributed by atoms with E-state index in [1.54, 1.807) is 72.8 Å². The van der Waals surface area contributed by atoms with Gasteiger partial charge in [-0.05, 0) is 33.4 Å². The van der Waals surface area contributed by atoms with Crippen LogP contribution in [-0.2, 0) is 164 Å². The van der Waals surface area contributed by atoms with Crippen LogP contribution < -0.4 is 197 Å². The second-order valence-corrected chi connectivity index (χ2v) is 32.7. The minimum absolute atomic E-state index is 0. The quantitative estimate of drug-likeness (QED) is 0.0206. The fourth-order valence-electron chi connectivity index (χ4n) is 12.6. The first-order valence-electron chi connectivity index (χ1n) is 32.2. The third-order valence-corrected chi connectivity index (χ3v) is 22.9. The molecule has 9 aliphatic heterocycles. The van der Waals surface area contributed by atoms with E-state index in [9.17, 15) is 48.6 Å². The Hall–Kier alpha value is 1.50. The van der Waals surface area contributed by atoms with Gasteiger partial charge in [0.25, 0.3) is 35.1 Å². The second-order valence-electron chi connectivity index (χ2n) is 24.4. The number of ether oxygens (including phenoxy) is 9. The van der Waals surface area contributed by atoms with E-state index in [0.29, 0.717) is 33.4 Å². The Bertz CT molecular complexity index is 3560. The molecule has 0 aromatic heterocycles. The third kappa shape index (κ3) is 26.8. The van der Waals surface area contributed by atoms with Crippen molar-refractivity contribution in [2.45, 2.75) is 169 Å². The van der Waals surface area contributed by atoms with Crippen LogP contribution in [0.4, 0.5) is 0 Å². The summed E-state index contributed by atoms with van der Waals surface area (Å²) in [7, 11) is -30.4. The van der Waals surface area contributed by atoms with Crippen molar-refractivity contribution < 1.29 is 346 Å². The molecule has 12 bridgehead atoms. The van der Waals surface area contributed by atoms with Gasteiger partial charge in [0.2, 0.25) is 0 Å². The molecule has 5 N–H and O–H groups in total. The molecule has 6 atom stereocenters. The van der Waals surface area contributed by atoms with Gasteiger partial charge in [-0.25, -0.2) is 13.7 Å². The predicted octanol–water partition coefficient (Wildman–Crippen LogP) is -13.8. The Morgan fingerprint density at radius 1 is 0.261 bits per heavy atom. The maximum absolute atomic E-state index is 15.1. The molecule has 6 aromatic carbocycles. The van der Waals surface area contributed by atoms with Gasteiger partial charge in [-0.1, -0.05) is 182 Å². The summed E-state index contributed by atoms with van der Waals surface area (Å²) in [6, 6.07) is 54.4. The molecule has 12 fully saturated rings. The zero-order valence-electron chi connectivity index (χ0n) is 60.3. The van der Waals surface area contributed by atoms with Crippen LogP contribution in [0.3, 0.4) is 0 Å². The summed E-state index contributed by atoms with van der Waals surface area (Å²) in [5.74, 6) is 0. The van der Waals surface area contributed by atoms with Crippen molar-refractivity contribution in [2.75, 3.05) is 0 Å². The number of hydrogen-bond donors (Lipinski definition) is 5. The van der Waals surface area contributed by atoms with Gasteiger partial charge in [-0.2, -0.15) is 0 Å². The van der Waals surface area contributed by atoms with Gasteiger partial charge < -0.3 is 105 Å². The summed E-state index contributed by atoms with van der Waals surface area (Å²) in [6.45, 7) is -4.71. The van der Waals surface area contributed by atoms with E-state index in [-0.39, 0.29) is 217 Å². The van der Waals surface area contributed by atoms with E-state index in [2.05, 4.69) is 13.6 Å². The number of hydrogen-bond acceptors (Lipinski definition) is 34. The number of aliphatic hydroxyl groups excluding tert-OH is 3. The van der Waals surface area contributed by atoms with Crippen molar-refractivity contribution in [3.8, 4) is 0 Å². The van der Waals surface area contributed by atoms with Crippen molar-refractivity contribution in [1.29, 1.82) is 0 Å². The Morgan fingerprint density at radius 2 is 0.423 bits per heavy atom. The minimum atomic E-state index is -5.68. The molecule has 6 aromatic rings. The molecule has 48 heteroatoms. The fourth-order valence-corrected chi connectivity index (χ4v) is 18.2. The number of benzene rings is 6. The zero-order valence-corrected chi connectivity index (χ0v) is 77.6. The van der Waals surface area contributed by atoms with Crippen LogP contribution in [0.2, 0.25) is 0 Å². The molecule has 3 aliphatic carbocycles. The fraction of sp³-hybridized carbons (Fsp3) is 0.429. The van der Waals surface area contributed by atoms with Gasteiger partial charge in [-0.3, -0.25) is 49.8 Å². The molecule has 36 nitrogen and oxygen atoms in total. The van der Waals surface area contributed by atoms with E-state index in [1.165, 1.54) is 0 Å². The van der Waals surface area contributed by atoms with Gasteiger partial charge in [0.15, 0.2) is 0 Å². The van der Waals surface area contributed by atoms with E-state index >= 15 is 13.7 Å². The smallest absolute Gasteiger partial charge is 0.790 e. The van der Waals surface area contributed by atoms with Crippen molar-refractivity contribution in [2.24, 2.45) is 0 Å². The van der Waals surface area contributed by atoms with Crippen molar-refractivity contribution in [3.63, 3.8) is 0 Å². The Labute approximate surface area is 768 Å². The Morgan fingerprint density at radius 3 is 0.595 bits per heavy atom. The van der Waals surface area contributed by atoms with E-state index in [4.69, 9.17) is 93.1 Å². The van der Waals surface area contributed by atoms with Crippen LogP contribution in [0.15, 0.2) is 182 Å². The average molecular weight is 1720 g/mol. The molecule has 18 rings (SSSR count). The molecule has 3 saturated carbocycles. The van der Waals surface area contributed by atoms with Gasteiger partial charge in [0.05, 0.1) is 47.5 Å². The van der Waals surface area contributed by atoms with Gasteiger partial charge in [0, 0.05) is 0 Å². The molecule has 0 spiro atoms. The SMILES string of the molecule is O=P(OCc1ccccc1)(OCc1ccccc1)OC1C2OC3OC1C(OP(=O)(OCc1ccccc1)OCc1ccccc1)C(O3)C2OP(=O)(OCc1ccccc1)OCc1ccccc1.O=P([O-])([O-])OC1C2OC3OC1C(OP(=O)([O-])O)C(O3)C2OP(=O)([O-])O.OC1C2OC3OC1C(O)C(O3)C2O.[Na+].[Na+].[Na+].[Na+].[Na+].[Na+]. The van der Waals surface area contributed by atoms with E-state index < -0.39 is 176 Å². The second kappa shape index (κ2) is 44.2. The zero-order chi connectivity index (χ0) is 73.9.